The van der Waals surface area contributed by atoms with Crippen LogP contribution in [-0.4, -0.2) is 24.3 Å². The Bertz CT molecular complexity index is 975. The van der Waals surface area contributed by atoms with Crippen molar-refractivity contribution >= 4 is 11.5 Å². The Kier molecular flexibility index (Phi) is 13.7. The first-order valence-corrected chi connectivity index (χ1v) is 17.7. The molecule has 1 aromatic carbocycles. The average molecular weight is 577 g/mol. The third-order valence-corrected chi connectivity index (χ3v) is 11.1. The fourth-order valence-electron chi connectivity index (χ4n) is 8.49. The normalized spacial score (nSPS) is 27.2. The summed E-state index contributed by atoms with van der Waals surface area (Å²) in [6, 6.07) is 9.48. The van der Waals surface area contributed by atoms with Gasteiger partial charge in [-0.3, -0.25) is 4.79 Å². The standard InChI is InChI=1S/C39H60O3/c1-4-5-6-8-30-10-12-31(13-11-30)32-14-16-33(17-15-32)34-18-20-35(21-19-34)36-22-24-37(25-23-36)38(28-40)9-7-26-42-39(41)27-29(2)3/h10-14,33-38,40H,2,4-9,15-28H2,1,3H3. The van der Waals surface area contributed by atoms with Crippen LogP contribution in [0.4, 0.5) is 0 Å². The lowest BCUT2D eigenvalue weighted by Crippen LogP contribution is -2.31. The Morgan fingerprint density at radius 1 is 0.905 bits per heavy atom. The van der Waals surface area contributed by atoms with Gasteiger partial charge in [0.05, 0.1) is 13.0 Å². The van der Waals surface area contributed by atoms with E-state index in [1.807, 2.05) is 6.92 Å². The predicted molar refractivity (Wildman–Crippen MR) is 176 cm³/mol. The first-order chi connectivity index (χ1) is 20.5. The second-order valence-corrected chi connectivity index (χ2v) is 14.2. The maximum atomic E-state index is 11.7. The Morgan fingerprint density at radius 3 is 2.12 bits per heavy atom. The number of carbonyl (C=O) groups is 1. The summed E-state index contributed by atoms with van der Waals surface area (Å²) in [5, 5.41) is 10.1. The Labute approximate surface area is 257 Å². The van der Waals surface area contributed by atoms with Crippen molar-refractivity contribution in [1.29, 1.82) is 0 Å². The molecule has 2 unspecified atom stereocenters. The van der Waals surface area contributed by atoms with E-state index < -0.39 is 0 Å². The molecule has 3 heteroatoms. The SMILES string of the molecule is C=C(C)CC(=O)OCCCC(CO)C1CCC(C2CCC(C3CC=C(c4ccc(CCCCC)cc4)CC3)CC2)CC1. The number of aryl methyl sites for hydroxylation is 1. The molecule has 0 radical (unpaired) electrons. The van der Waals surface area contributed by atoms with Crippen LogP contribution in [0.1, 0.15) is 134 Å². The number of hydrogen-bond donors (Lipinski definition) is 1. The molecule has 2 atom stereocenters. The molecular formula is C39H60O3. The Hall–Kier alpha value is -1.87. The predicted octanol–water partition coefficient (Wildman–Crippen LogP) is 10.1. The molecule has 2 fully saturated rings. The van der Waals surface area contributed by atoms with Crippen molar-refractivity contribution in [2.24, 2.45) is 35.5 Å². The summed E-state index contributed by atoms with van der Waals surface area (Å²) in [4.78, 5) is 11.7. The number of aliphatic hydroxyl groups excluding tert-OH is 1. The summed E-state index contributed by atoms with van der Waals surface area (Å²) in [6.07, 6.45) is 24.7. The van der Waals surface area contributed by atoms with Gasteiger partial charge >= 0.3 is 5.97 Å². The summed E-state index contributed by atoms with van der Waals surface area (Å²) in [5.41, 5.74) is 5.38. The molecule has 0 saturated heterocycles. The number of ether oxygens (including phenoxy) is 1. The van der Waals surface area contributed by atoms with Crippen LogP contribution in [0.25, 0.3) is 5.57 Å². The fraction of sp³-hybridized carbons (Fsp3) is 0.718. The Morgan fingerprint density at radius 2 is 1.55 bits per heavy atom. The fourth-order valence-corrected chi connectivity index (χ4v) is 8.49. The van der Waals surface area contributed by atoms with E-state index in [0.29, 0.717) is 24.9 Å². The Balaban J connectivity index is 1.13. The number of rotatable bonds is 15. The third kappa shape index (κ3) is 10.1. The minimum atomic E-state index is -0.179. The number of hydrogen-bond acceptors (Lipinski definition) is 3. The minimum absolute atomic E-state index is 0.179. The zero-order valence-electron chi connectivity index (χ0n) is 27.0. The monoisotopic (exact) mass is 576 g/mol. The molecule has 0 bridgehead atoms. The molecule has 0 aromatic heterocycles. The van der Waals surface area contributed by atoms with Gasteiger partial charge in [0.2, 0.25) is 0 Å². The number of aliphatic hydroxyl groups is 1. The lowest BCUT2D eigenvalue weighted by Gasteiger charge is -2.41. The number of carbonyl (C=O) groups excluding carboxylic acids is 1. The molecule has 1 aromatic rings. The first kappa shape index (κ1) is 33.0. The molecule has 1 N–H and O–H groups in total. The summed E-state index contributed by atoms with van der Waals surface area (Å²) >= 11 is 0. The quantitative estimate of drug-likeness (QED) is 0.128. The molecule has 3 aliphatic rings. The second-order valence-electron chi connectivity index (χ2n) is 14.2. The highest BCUT2D eigenvalue weighted by Gasteiger charge is 2.35. The molecular weight excluding hydrogens is 516 g/mol. The van der Waals surface area contributed by atoms with Gasteiger partial charge in [0.15, 0.2) is 0 Å². The number of allylic oxidation sites excluding steroid dienone is 2. The van der Waals surface area contributed by atoms with Gasteiger partial charge in [-0.1, -0.05) is 62.3 Å². The maximum Gasteiger partial charge on any atom is 0.309 e. The zero-order chi connectivity index (χ0) is 29.7. The van der Waals surface area contributed by atoms with Gasteiger partial charge in [-0.2, -0.15) is 0 Å². The smallest absolute Gasteiger partial charge is 0.309 e. The van der Waals surface area contributed by atoms with E-state index in [0.717, 1.165) is 42.1 Å². The van der Waals surface area contributed by atoms with Crippen LogP contribution in [0.3, 0.4) is 0 Å². The number of benzene rings is 1. The van der Waals surface area contributed by atoms with Crippen LogP contribution in [0.15, 0.2) is 42.5 Å². The van der Waals surface area contributed by atoms with E-state index in [4.69, 9.17) is 4.74 Å². The number of unbranched alkanes of at least 4 members (excludes halogenated alkanes) is 2. The molecule has 2 saturated carbocycles. The van der Waals surface area contributed by atoms with Crippen LogP contribution in [0.2, 0.25) is 0 Å². The van der Waals surface area contributed by atoms with Crippen molar-refractivity contribution in [1.82, 2.24) is 0 Å². The lowest BCUT2D eigenvalue weighted by atomic mass is 9.64. The van der Waals surface area contributed by atoms with Gasteiger partial charge in [-0.15, -0.1) is 0 Å². The van der Waals surface area contributed by atoms with E-state index >= 15 is 0 Å². The zero-order valence-corrected chi connectivity index (χ0v) is 27.0. The second kappa shape index (κ2) is 17.4. The highest BCUT2D eigenvalue weighted by Crippen LogP contribution is 2.46. The number of esters is 1. The van der Waals surface area contributed by atoms with Gasteiger partial charge < -0.3 is 9.84 Å². The lowest BCUT2D eigenvalue weighted by molar-refractivity contribution is -0.143. The molecule has 3 nitrogen and oxygen atoms in total. The largest absolute Gasteiger partial charge is 0.465 e. The molecule has 42 heavy (non-hydrogen) atoms. The van der Waals surface area contributed by atoms with E-state index in [9.17, 15) is 9.90 Å². The molecule has 0 amide bonds. The van der Waals surface area contributed by atoms with Gasteiger partial charge in [-0.05, 0) is 155 Å². The van der Waals surface area contributed by atoms with E-state index in [1.165, 1.54) is 107 Å². The van der Waals surface area contributed by atoms with Crippen molar-refractivity contribution in [3.63, 3.8) is 0 Å². The molecule has 3 aliphatic carbocycles. The molecule has 0 spiro atoms. The van der Waals surface area contributed by atoms with Crippen LogP contribution in [0.5, 0.6) is 0 Å². The highest BCUT2D eigenvalue weighted by molar-refractivity contribution is 5.72. The van der Waals surface area contributed by atoms with Crippen molar-refractivity contribution in [3.8, 4) is 0 Å². The van der Waals surface area contributed by atoms with Gasteiger partial charge in [-0.25, -0.2) is 0 Å². The average Bonchev–Trinajstić information content (AvgIpc) is 3.02. The van der Waals surface area contributed by atoms with Crippen molar-refractivity contribution in [3.05, 3.63) is 53.6 Å². The van der Waals surface area contributed by atoms with Gasteiger partial charge in [0.1, 0.15) is 0 Å². The molecule has 0 aliphatic heterocycles. The van der Waals surface area contributed by atoms with E-state index in [-0.39, 0.29) is 12.6 Å². The summed E-state index contributed by atoms with van der Waals surface area (Å²) in [7, 11) is 0. The minimum Gasteiger partial charge on any atom is -0.465 e. The topological polar surface area (TPSA) is 46.5 Å². The van der Waals surface area contributed by atoms with Crippen molar-refractivity contribution in [2.45, 2.75) is 129 Å². The summed E-state index contributed by atoms with van der Waals surface area (Å²) in [5.74, 6) is 4.45. The third-order valence-electron chi connectivity index (χ3n) is 11.1. The van der Waals surface area contributed by atoms with E-state index in [1.54, 1.807) is 5.57 Å². The van der Waals surface area contributed by atoms with Crippen molar-refractivity contribution in [2.75, 3.05) is 13.2 Å². The van der Waals surface area contributed by atoms with E-state index in [2.05, 4.69) is 43.8 Å². The van der Waals surface area contributed by atoms with Crippen LogP contribution >= 0.6 is 0 Å². The molecule has 4 rings (SSSR count). The summed E-state index contributed by atoms with van der Waals surface area (Å²) in [6.45, 7) is 8.63. The van der Waals surface area contributed by atoms with Gasteiger partial charge in [0, 0.05) is 6.61 Å². The molecule has 234 valence electrons. The van der Waals surface area contributed by atoms with Crippen LogP contribution in [0, 0.1) is 35.5 Å². The van der Waals surface area contributed by atoms with Crippen molar-refractivity contribution < 1.29 is 14.6 Å². The maximum absolute atomic E-state index is 11.7. The highest BCUT2D eigenvalue weighted by atomic mass is 16.5. The van der Waals surface area contributed by atoms with Crippen LogP contribution in [-0.2, 0) is 16.0 Å². The van der Waals surface area contributed by atoms with Crippen LogP contribution < -0.4 is 0 Å². The summed E-state index contributed by atoms with van der Waals surface area (Å²) < 4.78 is 5.34. The molecule has 0 heterocycles. The first-order valence-electron chi connectivity index (χ1n) is 17.7. The van der Waals surface area contributed by atoms with Gasteiger partial charge in [0.25, 0.3) is 0 Å².